The first kappa shape index (κ1) is 29.0. The van der Waals surface area contributed by atoms with Crippen molar-refractivity contribution in [1.29, 1.82) is 0 Å². The van der Waals surface area contributed by atoms with Gasteiger partial charge in [0.05, 0.1) is 12.6 Å². The van der Waals surface area contributed by atoms with E-state index in [0.29, 0.717) is 11.3 Å². The van der Waals surface area contributed by atoms with Crippen LogP contribution in [0.25, 0.3) is 0 Å². The predicted molar refractivity (Wildman–Crippen MR) is 165 cm³/mol. The first-order valence-corrected chi connectivity index (χ1v) is 15.1. The summed E-state index contributed by atoms with van der Waals surface area (Å²) in [6.07, 6.45) is 2.59. The van der Waals surface area contributed by atoms with Gasteiger partial charge in [0.25, 0.3) is 11.8 Å². The van der Waals surface area contributed by atoms with Crippen LogP contribution in [0.3, 0.4) is 0 Å². The van der Waals surface area contributed by atoms with Crippen LogP contribution >= 0.6 is 0 Å². The van der Waals surface area contributed by atoms with E-state index in [1.54, 1.807) is 30.3 Å². The van der Waals surface area contributed by atoms with Gasteiger partial charge in [0.1, 0.15) is 18.6 Å². The molecule has 3 unspecified atom stereocenters. The van der Waals surface area contributed by atoms with Gasteiger partial charge < -0.3 is 37.2 Å². The lowest BCUT2D eigenvalue weighted by Gasteiger charge is -2.49. The van der Waals surface area contributed by atoms with Gasteiger partial charge in [-0.15, -0.1) is 0 Å². The van der Waals surface area contributed by atoms with E-state index in [1.165, 1.54) is 9.80 Å². The lowest BCUT2D eigenvalue weighted by molar-refractivity contribution is -0.230. The third-order valence-corrected chi connectivity index (χ3v) is 9.84. The first-order chi connectivity index (χ1) is 21.3. The van der Waals surface area contributed by atoms with Crippen LogP contribution in [0.5, 0.6) is 0 Å². The van der Waals surface area contributed by atoms with Crippen LogP contribution < -0.4 is 27.0 Å². The highest BCUT2D eigenvalue weighted by molar-refractivity contribution is 6.12. The molecule has 4 atom stereocenters. The normalized spacial score (nSPS) is 29.4. The minimum absolute atomic E-state index is 0.0279. The second-order valence-corrected chi connectivity index (χ2v) is 13.3. The Balaban J connectivity index is 1.16. The number of nitrogens with zero attached hydrogens (tertiary/aromatic N) is 5. The van der Waals surface area contributed by atoms with Crippen molar-refractivity contribution in [2.45, 2.75) is 62.7 Å². The van der Waals surface area contributed by atoms with Gasteiger partial charge in [0.2, 0.25) is 5.79 Å². The zero-order valence-electron chi connectivity index (χ0n) is 25.1. The minimum atomic E-state index is -2.65. The van der Waals surface area contributed by atoms with Gasteiger partial charge in [-0.25, -0.2) is 14.8 Å². The molecular formula is C31H37N9O5. The Hall–Kier alpha value is -4.69. The number of aliphatic hydroxyl groups is 2. The van der Waals surface area contributed by atoms with Crippen molar-refractivity contribution in [2.75, 3.05) is 24.5 Å². The quantitative estimate of drug-likeness (QED) is 0.188. The lowest BCUT2D eigenvalue weighted by Crippen LogP contribution is -2.78. The van der Waals surface area contributed by atoms with Gasteiger partial charge in [-0.3, -0.25) is 19.4 Å². The number of guanidine groups is 2. The maximum atomic E-state index is 13.8. The van der Waals surface area contributed by atoms with Crippen LogP contribution in [-0.4, -0.2) is 99.0 Å². The molecule has 2 saturated heterocycles. The van der Waals surface area contributed by atoms with Crippen LogP contribution in [0.4, 0.5) is 10.5 Å². The predicted octanol–water partition coefficient (Wildman–Crippen LogP) is -0.555. The van der Waals surface area contributed by atoms with Crippen LogP contribution in [-0.2, 0) is 17.6 Å². The third kappa shape index (κ3) is 4.34. The van der Waals surface area contributed by atoms with Gasteiger partial charge >= 0.3 is 6.03 Å². The summed E-state index contributed by atoms with van der Waals surface area (Å²) >= 11 is 0. The minimum Gasteiger partial charge on any atom is -0.370 e. The molecule has 4 aliphatic heterocycles. The fraction of sp³-hybridized carbons (Fsp3) is 0.452. The topological polar surface area (TPSA) is 202 Å². The fourth-order valence-electron chi connectivity index (χ4n) is 7.52. The number of aliphatic imine (C=N–C) groups is 2. The molecule has 45 heavy (non-hydrogen) atoms. The SMILES string of the molecule is CC1(C)CCc2cccc(C(=O)NC3CN4C(N)=N[C@@H](CN5C(=O)CN(c6ccccc6)C5=O)C5N=C(N)NC54C3(O)O)c2C1. The molecule has 14 nitrogen and oxygen atoms in total. The largest absolute Gasteiger partial charge is 0.370 e. The van der Waals surface area contributed by atoms with Crippen LogP contribution in [0, 0.1) is 5.41 Å². The summed E-state index contributed by atoms with van der Waals surface area (Å²) in [4.78, 5) is 53.0. The lowest BCUT2D eigenvalue weighted by atomic mass is 9.73. The van der Waals surface area contributed by atoms with Crippen LogP contribution in [0.15, 0.2) is 58.5 Å². The Morgan fingerprint density at radius 2 is 1.84 bits per heavy atom. The molecule has 0 aromatic heterocycles. The van der Waals surface area contributed by atoms with Gasteiger partial charge in [-0.1, -0.05) is 44.2 Å². The summed E-state index contributed by atoms with van der Waals surface area (Å²) < 4.78 is 0. The molecule has 0 saturated carbocycles. The molecule has 2 fully saturated rings. The second kappa shape index (κ2) is 9.91. The number of carbonyl (C=O) groups is 3. The van der Waals surface area contributed by atoms with E-state index in [1.807, 2.05) is 18.2 Å². The van der Waals surface area contributed by atoms with E-state index in [0.717, 1.165) is 35.3 Å². The second-order valence-electron chi connectivity index (χ2n) is 13.3. The van der Waals surface area contributed by atoms with Crippen molar-refractivity contribution >= 4 is 35.5 Å². The Labute approximate surface area is 259 Å². The average molecular weight is 616 g/mol. The first-order valence-electron chi connectivity index (χ1n) is 15.1. The number of nitrogens with one attached hydrogen (secondary N) is 2. The number of imide groups is 1. The number of para-hydroxylation sites is 1. The van der Waals surface area contributed by atoms with Crippen molar-refractivity contribution in [2.24, 2.45) is 26.9 Å². The number of amides is 4. The number of nitrogens with two attached hydrogens (primary N) is 2. The highest BCUT2D eigenvalue weighted by Crippen LogP contribution is 2.45. The number of aryl methyl sites for hydroxylation is 1. The maximum absolute atomic E-state index is 13.8. The zero-order valence-corrected chi connectivity index (χ0v) is 25.1. The number of rotatable bonds is 5. The Kier molecular flexibility index (Phi) is 6.39. The molecule has 2 aromatic carbocycles. The average Bonchev–Trinajstić information content (AvgIpc) is 3.57. The fourth-order valence-corrected chi connectivity index (χ4v) is 7.52. The summed E-state index contributed by atoms with van der Waals surface area (Å²) in [6.45, 7) is 3.85. The van der Waals surface area contributed by atoms with E-state index in [-0.39, 0.29) is 37.0 Å². The Morgan fingerprint density at radius 3 is 2.60 bits per heavy atom. The van der Waals surface area contributed by atoms with Gasteiger partial charge in [-0.05, 0) is 54.0 Å². The standard InChI is InChI=1S/C31H37N9O5/c1-29(2)12-11-17-7-6-10-19(20(17)13-29)25(42)35-22-15-40-27(33)34-21(24-30(40,31(22,44)45)37-26(32)36-24)14-39-23(41)16-38(28(39)43)18-8-4-3-5-9-18/h3-10,21-22,24,44-45H,11-16H2,1-2H3,(H2,33,34)(H,35,42)(H3,32,36,37)/t21-,22?,24?,30?/m0/s1. The molecule has 14 heteroatoms. The molecule has 1 aliphatic carbocycles. The molecule has 0 bridgehead atoms. The molecule has 2 aromatic rings. The Morgan fingerprint density at radius 1 is 1.09 bits per heavy atom. The highest BCUT2D eigenvalue weighted by Gasteiger charge is 2.73. The van der Waals surface area contributed by atoms with Crippen LogP contribution in [0.2, 0.25) is 0 Å². The summed E-state index contributed by atoms with van der Waals surface area (Å²) in [5.74, 6) is -3.70. The number of carbonyl (C=O) groups excluding carboxylic acids is 3. The van der Waals surface area contributed by atoms with E-state index in [9.17, 15) is 24.6 Å². The zero-order chi connectivity index (χ0) is 31.9. The van der Waals surface area contributed by atoms with Crippen molar-refractivity contribution in [3.8, 4) is 0 Å². The van der Waals surface area contributed by atoms with Gasteiger partial charge in [0.15, 0.2) is 17.6 Å². The van der Waals surface area contributed by atoms with E-state index < -0.39 is 47.4 Å². The van der Waals surface area contributed by atoms with Crippen molar-refractivity contribution in [1.82, 2.24) is 20.4 Å². The van der Waals surface area contributed by atoms with E-state index in [4.69, 9.17) is 11.5 Å². The van der Waals surface area contributed by atoms with Crippen molar-refractivity contribution < 1.29 is 24.6 Å². The monoisotopic (exact) mass is 615 g/mol. The summed E-state index contributed by atoms with van der Waals surface area (Å²) in [5.41, 5.74) is 13.9. The van der Waals surface area contributed by atoms with Crippen LogP contribution in [0.1, 0.15) is 41.8 Å². The number of benzene rings is 2. The smallest absolute Gasteiger partial charge is 0.331 e. The summed E-state index contributed by atoms with van der Waals surface area (Å²) in [6, 6.07) is 10.6. The molecule has 4 heterocycles. The van der Waals surface area contributed by atoms with E-state index in [2.05, 4.69) is 34.5 Å². The molecule has 5 aliphatic rings. The number of hydrogen-bond donors (Lipinski definition) is 6. The molecule has 4 amide bonds. The molecule has 7 rings (SSSR count). The highest BCUT2D eigenvalue weighted by atomic mass is 16.5. The number of fused-ring (bicyclic) bond motifs is 1. The number of anilines is 1. The molecule has 1 spiro atoms. The maximum Gasteiger partial charge on any atom is 0.331 e. The van der Waals surface area contributed by atoms with Gasteiger partial charge in [0, 0.05) is 17.8 Å². The van der Waals surface area contributed by atoms with Gasteiger partial charge in [-0.2, -0.15) is 0 Å². The molecular weight excluding hydrogens is 578 g/mol. The number of urea groups is 1. The third-order valence-electron chi connectivity index (χ3n) is 9.84. The molecule has 0 radical (unpaired) electrons. The van der Waals surface area contributed by atoms with Crippen molar-refractivity contribution in [3.05, 3.63) is 65.2 Å². The van der Waals surface area contributed by atoms with E-state index >= 15 is 0 Å². The molecule has 8 N–H and O–H groups in total. The summed E-state index contributed by atoms with van der Waals surface area (Å²) in [5, 5.41) is 29.5. The summed E-state index contributed by atoms with van der Waals surface area (Å²) in [7, 11) is 0. The number of hydrogen-bond acceptors (Lipinski definition) is 11. The Bertz CT molecular complexity index is 1660. The molecule has 236 valence electrons. The van der Waals surface area contributed by atoms with Crippen molar-refractivity contribution in [3.63, 3.8) is 0 Å².